The number of benzene rings is 1. The zero-order valence-electron chi connectivity index (χ0n) is 15.1. The molecule has 1 saturated heterocycles. The lowest BCUT2D eigenvalue weighted by atomic mass is 10.2. The van der Waals surface area contributed by atoms with Crippen LogP contribution in [0.15, 0.2) is 42.6 Å². The molecule has 8 heteroatoms. The maximum absolute atomic E-state index is 12.6. The quantitative estimate of drug-likeness (QED) is 0.768. The molecule has 1 aromatic carbocycles. The van der Waals surface area contributed by atoms with Crippen LogP contribution in [0.4, 0.5) is 19.0 Å². The van der Waals surface area contributed by atoms with E-state index in [1.165, 1.54) is 6.07 Å². The Morgan fingerprint density at radius 3 is 2.19 bits per heavy atom. The van der Waals surface area contributed by atoms with Crippen LogP contribution in [-0.4, -0.2) is 56.3 Å². The standard InChI is InChI=1S/C19H22F3N3O2/c1-26-16-3-5-17(6-4-16)27-13-12-24-8-10-25(11-9-24)18-7-2-15(14-23-18)19(20,21)22/h2-7,14H,8-13H2,1H3. The molecule has 3 rings (SSSR count). The minimum atomic E-state index is -4.35. The van der Waals surface area contributed by atoms with Crippen molar-refractivity contribution in [3.05, 3.63) is 48.2 Å². The highest BCUT2D eigenvalue weighted by Crippen LogP contribution is 2.29. The third kappa shape index (κ3) is 5.26. The first-order chi connectivity index (χ1) is 13.0. The molecule has 2 aromatic rings. The van der Waals surface area contributed by atoms with Gasteiger partial charge in [0, 0.05) is 38.9 Å². The summed E-state index contributed by atoms with van der Waals surface area (Å²) in [5, 5.41) is 0. The summed E-state index contributed by atoms with van der Waals surface area (Å²) in [5.41, 5.74) is -0.722. The van der Waals surface area contributed by atoms with Crippen LogP contribution < -0.4 is 14.4 Å². The van der Waals surface area contributed by atoms with Crippen LogP contribution in [0.25, 0.3) is 0 Å². The number of aromatic nitrogens is 1. The molecule has 5 nitrogen and oxygen atoms in total. The van der Waals surface area contributed by atoms with Crippen LogP contribution in [0.3, 0.4) is 0 Å². The predicted molar refractivity (Wildman–Crippen MR) is 96.4 cm³/mol. The summed E-state index contributed by atoms with van der Waals surface area (Å²) in [6.07, 6.45) is -3.46. The third-order valence-corrected chi connectivity index (χ3v) is 4.51. The Morgan fingerprint density at radius 2 is 1.63 bits per heavy atom. The van der Waals surface area contributed by atoms with E-state index in [9.17, 15) is 13.2 Å². The summed E-state index contributed by atoms with van der Waals surface area (Å²) in [6, 6.07) is 9.96. The number of hydrogen-bond acceptors (Lipinski definition) is 5. The van der Waals surface area contributed by atoms with Gasteiger partial charge in [-0.25, -0.2) is 4.98 Å². The third-order valence-electron chi connectivity index (χ3n) is 4.51. The maximum atomic E-state index is 12.6. The van der Waals surface area contributed by atoms with Crippen LogP contribution in [0.2, 0.25) is 0 Å². The van der Waals surface area contributed by atoms with Gasteiger partial charge in [-0.05, 0) is 36.4 Å². The Labute approximate surface area is 156 Å². The van der Waals surface area contributed by atoms with Crippen LogP contribution >= 0.6 is 0 Å². The number of nitrogens with zero attached hydrogens (tertiary/aromatic N) is 3. The monoisotopic (exact) mass is 381 g/mol. The average molecular weight is 381 g/mol. The lowest BCUT2D eigenvalue weighted by Gasteiger charge is -2.35. The van der Waals surface area contributed by atoms with E-state index in [0.717, 1.165) is 56.5 Å². The minimum absolute atomic E-state index is 0.574. The molecule has 2 heterocycles. The molecule has 0 radical (unpaired) electrons. The largest absolute Gasteiger partial charge is 0.497 e. The fourth-order valence-electron chi connectivity index (χ4n) is 2.91. The average Bonchev–Trinajstić information content (AvgIpc) is 2.68. The number of piperazine rings is 1. The van der Waals surface area contributed by atoms with Gasteiger partial charge in [0.2, 0.25) is 0 Å². The second-order valence-electron chi connectivity index (χ2n) is 6.26. The topological polar surface area (TPSA) is 37.8 Å². The second kappa shape index (κ2) is 8.47. The van der Waals surface area contributed by atoms with E-state index >= 15 is 0 Å². The van der Waals surface area contributed by atoms with Crippen molar-refractivity contribution in [1.29, 1.82) is 0 Å². The Morgan fingerprint density at radius 1 is 0.963 bits per heavy atom. The van der Waals surface area contributed by atoms with Gasteiger partial charge in [-0.3, -0.25) is 4.90 Å². The van der Waals surface area contributed by atoms with Crippen LogP contribution in [-0.2, 0) is 6.18 Å². The first kappa shape index (κ1) is 19.3. The normalized spacial score (nSPS) is 15.6. The fourth-order valence-corrected chi connectivity index (χ4v) is 2.91. The van der Waals surface area contributed by atoms with E-state index in [-0.39, 0.29) is 0 Å². The predicted octanol–water partition coefficient (Wildman–Crippen LogP) is 3.31. The second-order valence-corrected chi connectivity index (χ2v) is 6.26. The van der Waals surface area contributed by atoms with Gasteiger partial charge < -0.3 is 14.4 Å². The zero-order chi connectivity index (χ0) is 19.3. The lowest BCUT2D eigenvalue weighted by Crippen LogP contribution is -2.47. The summed E-state index contributed by atoms with van der Waals surface area (Å²) in [5.74, 6) is 2.16. The Balaban J connectivity index is 1.42. The van der Waals surface area contributed by atoms with Gasteiger partial charge in [0.05, 0.1) is 12.7 Å². The van der Waals surface area contributed by atoms with Gasteiger partial charge in [0.25, 0.3) is 0 Å². The molecule has 0 unspecified atom stereocenters. The summed E-state index contributed by atoms with van der Waals surface area (Å²) >= 11 is 0. The molecule has 0 atom stereocenters. The fraction of sp³-hybridized carbons (Fsp3) is 0.421. The summed E-state index contributed by atoms with van der Waals surface area (Å²) in [4.78, 5) is 8.23. The van der Waals surface area contributed by atoms with Crippen LogP contribution in [0.1, 0.15) is 5.56 Å². The Bertz CT molecular complexity index is 712. The summed E-state index contributed by atoms with van der Waals surface area (Å²) in [7, 11) is 1.62. The molecule has 0 bridgehead atoms. The van der Waals surface area contributed by atoms with Crippen LogP contribution in [0.5, 0.6) is 11.5 Å². The molecule has 27 heavy (non-hydrogen) atoms. The van der Waals surface area contributed by atoms with Crippen molar-refractivity contribution in [2.24, 2.45) is 0 Å². The van der Waals surface area contributed by atoms with Gasteiger partial charge in [0.15, 0.2) is 0 Å². The van der Waals surface area contributed by atoms with Crippen molar-refractivity contribution in [1.82, 2.24) is 9.88 Å². The number of hydrogen-bond donors (Lipinski definition) is 0. The van der Waals surface area contributed by atoms with E-state index in [1.54, 1.807) is 7.11 Å². The molecule has 1 aliphatic heterocycles. The first-order valence-electron chi connectivity index (χ1n) is 8.73. The minimum Gasteiger partial charge on any atom is -0.497 e. The highest BCUT2D eigenvalue weighted by molar-refractivity contribution is 5.40. The molecule has 146 valence electrons. The van der Waals surface area contributed by atoms with E-state index in [1.807, 2.05) is 29.2 Å². The summed E-state index contributed by atoms with van der Waals surface area (Å²) in [6.45, 7) is 4.44. The van der Waals surface area contributed by atoms with Gasteiger partial charge in [-0.15, -0.1) is 0 Å². The molecular weight excluding hydrogens is 359 g/mol. The number of alkyl halides is 3. The highest BCUT2D eigenvalue weighted by atomic mass is 19.4. The number of rotatable bonds is 6. The molecule has 0 saturated carbocycles. The molecule has 1 aromatic heterocycles. The summed E-state index contributed by atoms with van der Waals surface area (Å²) < 4.78 is 48.7. The van der Waals surface area contributed by atoms with E-state index in [2.05, 4.69) is 9.88 Å². The van der Waals surface area contributed by atoms with Gasteiger partial charge in [-0.2, -0.15) is 13.2 Å². The molecule has 1 aliphatic rings. The van der Waals surface area contributed by atoms with Gasteiger partial charge in [0.1, 0.15) is 23.9 Å². The molecule has 0 spiro atoms. The van der Waals surface area contributed by atoms with Gasteiger partial charge >= 0.3 is 6.18 Å². The lowest BCUT2D eigenvalue weighted by molar-refractivity contribution is -0.137. The number of pyridine rings is 1. The number of anilines is 1. The number of halogens is 3. The first-order valence-corrected chi connectivity index (χ1v) is 8.73. The van der Waals surface area contributed by atoms with Crippen molar-refractivity contribution in [2.45, 2.75) is 6.18 Å². The SMILES string of the molecule is COc1ccc(OCCN2CCN(c3ccc(C(F)(F)F)cn3)CC2)cc1. The van der Waals surface area contributed by atoms with Crippen molar-refractivity contribution in [3.63, 3.8) is 0 Å². The molecule has 0 aliphatic carbocycles. The molecular formula is C19H22F3N3O2. The van der Waals surface area contributed by atoms with E-state index < -0.39 is 11.7 Å². The van der Waals surface area contributed by atoms with Crippen molar-refractivity contribution >= 4 is 5.82 Å². The van der Waals surface area contributed by atoms with Crippen molar-refractivity contribution < 1.29 is 22.6 Å². The maximum Gasteiger partial charge on any atom is 0.417 e. The molecule has 1 fully saturated rings. The van der Waals surface area contributed by atoms with Crippen molar-refractivity contribution in [3.8, 4) is 11.5 Å². The van der Waals surface area contributed by atoms with E-state index in [0.29, 0.717) is 12.4 Å². The van der Waals surface area contributed by atoms with Gasteiger partial charge in [-0.1, -0.05) is 0 Å². The molecule has 0 amide bonds. The molecule has 0 N–H and O–H groups in total. The zero-order valence-corrected chi connectivity index (χ0v) is 15.1. The smallest absolute Gasteiger partial charge is 0.417 e. The number of ether oxygens (including phenoxy) is 2. The Kier molecular flexibility index (Phi) is 6.05. The van der Waals surface area contributed by atoms with Crippen molar-refractivity contribution in [2.75, 3.05) is 51.3 Å². The number of methoxy groups -OCH3 is 1. The highest BCUT2D eigenvalue weighted by Gasteiger charge is 2.31. The Hall–Kier alpha value is -2.48. The van der Waals surface area contributed by atoms with E-state index in [4.69, 9.17) is 9.47 Å². The van der Waals surface area contributed by atoms with Crippen LogP contribution in [0, 0.1) is 0 Å².